The van der Waals surface area contributed by atoms with Crippen molar-refractivity contribution in [2.45, 2.75) is 43.6 Å². The van der Waals surface area contributed by atoms with Crippen LogP contribution in [0, 0.1) is 5.92 Å². The van der Waals surface area contributed by atoms with Gasteiger partial charge in [-0.05, 0) is 77.3 Å². The number of nitrogens with one attached hydrogen (secondary N) is 1. The van der Waals surface area contributed by atoms with E-state index in [9.17, 15) is 19.5 Å². The first-order chi connectivity index (χ1) is 22.3. The number of aromatic nitrogens is 1. The van der Waals surface area contributed by atoms with Crippen molar-refractivity contribution < 1.29 is 24.2 Å². The normalized spacial score (nSPS) is 17.9. The minimum Gasteiger partial charge on any atom is -0.481 e. The van der Waals surface area contributed by atoms with Crippen molar-refractivity contribution in [3.8, 4) is 11.1 Å². The van der Waals surface area contributed by atoms with Gasteiger partial charge in [0, 0.05) is 36.4 Å². The zero-order valence-electron chi connectivity index (χ0n) is 25.4. The Hall–Kier alpha value is -4.69. The quantitative estimate of drug-likeness (QED) is 0.205. The molecule has 0 bridgehead atoms. The lowest BCUT2D eigenvalue weighted by Gasteiger charge is -2.44. The third-order valence-electron chi connectivity index (χ3n) is 9.03. The summed E-state index contributed by atoms with van der Waals surface area (Å²) >= 11 is 6.16. The molecule has 1 aliphatic heterocycles. The number of aliphatic carboxylic acids is 1. The van der Waals surface area contributed by atoms with E-state index in [4.69, 9.17) is 16.3 Å². The Labute approximate surface area is 273 Å². The van der Waals surface area contributed by atoms with Crippen LogP contribution in [0.25, 0.3) is 11.1 Å². The number of benzene rings is 3. The van der Waals surface area contributed by atoms with Crippen LogP contribution >= 0.6 is 11.6 Å². The van der Waals surface area contributed by atoms with Crippen LogP contribution < -0.4 is 5.32 Å². The number of ether oxygens (including phenoxy) is 1. The van der Waals surface area contributed by atoms with Gasteiger partial charge in [-0.15, -0.1) is 0 Å². The molecule has 4 aromatic rings. The summed E-state index contributed by atoms with van der Waals surface area (Å²) in [5.74, 6) is -2.13. The van der Waals surface area contributed by atoms with Crippen LogP contribution in [0.5, 0.6) is 0 Å². The molecule has 9 heteroatoms. The summed E-state index contributed by atoms with van der Waals surface area (Å²) in [6.45, 7) is 0.865. The van der Waals surface area contributed by atoms with Gasteiger partial charge in [0.2, 0.25) is 5.91 Å². The largest absolute Gasteiger partial charge is 0.481 e. The van der Waals surface area contributed by atoms with E-state index in [2.05, 4.69) is 34.6 Å². The molecule has 0 spiro atoms. The molecule has 1 aliphatic carbocycles. The maximum absolute atomic E-state index is 13.9. The number of alkyl carbamates (subject to hydrolysis) is 1. The summed E-state index contributed by atoms with van der Waals surface area (Å²) in [6.07, 6.45) is 4.41. The van der Waals surface area contributed by atoms with Gasteiger partial charge in [0.15, 0.2) is 0 Å². The number of fused-ring (bicyclic) bond motifs is 3. The van der Waals surface area contributed by atoms with Gasteiger partial charge in [0.1, 0.15) is 6.61 Å². The van der Waals surface area contributed by atoms with Crippen LogP contribution in [0.1, 0.15) is 47.4 Å². The zero-order valence-corrected chi connectivity index (χ0v) is 26.2. The molecule has 2 N–H and O–H groups in total. The molecule has 0 unspecified atom stereocenters. The fraction of sp³-hybridized carbons (Fsp3) is 0.297. The van der Waals surface area contributed by atoms with Crippen LogP contribution in [0.15, 0.2) is 97.3 Å². The summed E-state index contributed by atoms with van der Waals surface area (Å²) in [4.78, 5) is 45.1. The van der Waals surface area contributed by atoms with Gasteiger partial charge in [-0.25, -0.2) is 4.79 Å². The molecule has 3 aromatic carbocycles. The van der Waals surface area contributed by atoms with E-state index in [1.807, 2.05) is 42.5 Å². The number of carboxylic acids is 1. The number of rotatable bonds is 10. The molecular formula is C37H36ClN3O5. The highest BCUT2D eigenvalue weighted by Gasteiger charge is 2.41. The van der Waals surface area contributed by atoms with Crippen molar-refractivity contribution in [1.82, 2.24) is 15.2 Å². The molecule has 46 heavy (non-hydrogen) atoms. The van der Waals surface area contributed by atoms with Crippen LogP contribution in [0.3, 0.4) is 0 Å². The van der Waals surface area contributed by atoms with Crippen molar-refractivity contribution in [2.75, 3.05) is 19.7 Å². The topological polar surface area (TPSA) is 109 Å². The Morgan fingerprint density at radius 3 is 2.30 bits per heavy atom. The van der Waals surface area contributed by atoms with E-state index in [0.29, 0.717) is 30.8 Å². The molecule has 2 heterocycles. The van der Waals surface area contributed by atoms with Gasteiger partial charge < -0.3 is 20.1 Å². The fourth-order valence-corrected chi connectivity index (χ4v) is 7.10. The SMILES string of the molecule is O=C(O)C[C@@H](Cc1cccnc1)C(=O)N1CCC[C@](Cc2ccc(Cl)cc2)(NC(=O)OCC2c3ccccc3-c3ccccc32)C1. The Morgan fingerprint density at radius 1 is 0.957 bits per heavy atom. The Kier molecular flexibility index (Phi) is 9.35. The molecule has 8 nitrogen and oxygen atoms in total. The van der Waals surface area contributed by atoms with E-state index in [0.717, 1.165) is 33.4 Å². The average molecular weight is 638 g/mol. The molecule has 2 atom stereocenters. The number of carboxylic acid groups (broad SMARTS) is 1. The van der Waals surface area contributed by atoms with E-state index in [-0.39, 0.29) is 37.8 Å². The highest BCUT2D eigenvalue weighted by Crippen LogP contribution is 2.44. The lowest BCUT2D eigenvalue weighted by molar-refractivity contribution is -0.145. The fourth-order valence-electron chi connectivity index (χ4n) is 6.97. The number of hydrogen-bond acceptors (Lipinski definition) is 5. The first kappa shape index (κ1) is 31.3. The number of halogens is 1. The highest BCUT2D eigenvalue weighted by atomic mass is 35.5. The van der Waals surface area contributed by atoms with Crippen molar-refractivity contribution in [2.24, 2.45) is 5.92 Å². The molecule has 1 aromatic heterocycles. The molecule has 0 radical (unpaired) electrons. The van der Waals surface area contributed by atoms with E-state index >= 15 is 0 Å². The molecule has 1 saturated heterocycles. The van der Waals surface area contributed by atoms with E-state index < -0.39 is 23.5 Å². The molecule has 6 rings (SSSR count). The van der Waals surface area contributed by atoms with Gasteiger partial charge in [0.25, 0.3) is 0 Å². The minimum atomic E-state index is -1.04. The number of nitrogens with zero attached hydrogens (tertiary/aromatic N) is 2. The second kappa shape index (κ2) is 13.7. The Balaban J connectivity index is 1.21. The number of likely N-dealkylation sites (tertiary alicyclic amines) is 1. The van der Waals surface area contributed by atoms with Crippen molar-refractivity contribution >= 4 is 29.6 Å². The van der Waals surface area contributed by atoms with Crippen LogP contribution in [0.2, 0.25) is 5.02 Å². The predicted molar refractivity (Wildman–Crippen MR) is 176 cm³/mol. The van der Waals surface area contributed by atoms with Gasteiger partial charge in [-0.2, -0.15) is 0 Å². The summed E-state index contributed by atoms with van der Waals surface area (Å²) in [5, 5.41) is 13.4. The number of hydrogen-bond donors (Lipinski definition) is 2. The Bertz CT molecular complexity index is 1670. The van der Waals surface area contributed by atoms with Crippen LogP contribution in [-0.2, 0) is 27.2 Å². The molecule has 2 amide bonds. The van der Waals surface area contributed by atoms with E-state index in [1.54, 1.807) is 35.5 Å². The molecule has 1 fully saturated rings. The van der Waals surface area contributed by atoms with Crippen molar-refractivity contribution in [1.29, 1.82) is 0 Å². The minimum absolute atomic E-state index is 0.0842. The summed E-state index contributed by atoms with van der Waals surface area (Å²) in [6, 6.07) is 27.4. The van der Waals surface area contributed by atoms with Crippen molar-refractivity contribution in [3.05, 3.63) is 125 Å². The first-order valence-corrected chi connectivity index (χ1v) is 16.0. The number of carbonyl (C=O) groups excluding carboxylic acids is 2. The molecular weight excluding hydrogens is 602 g/mol. The third-order valence-corrected chi connectivity index (χ3v) is 9.28. The third kappa shape index (κ3) is 7.07. The van der Waals surface area contributed by atoms with E-state index in [1.165, 1.54) is 0 Å². The van der Waals surface area contributed by atoms with Gasteiger partial charge in [-0.3, -0.25) is 14.6 Å². The molecule has 2 aliphatic rings. The Morgan fingerprint density at radius 2 is 1.65 bits per heavy atom. The zero-order chi connectivity index (χ0) is 32.1. The first-order valence-electron chi connectivity index (χ1n) is 15.6. The van der Waals surface area contributed by atoms with Gasteiger partial charge in [-0.1, -0.05) is 78.3 Å². The van der Waals surface area contributed by atoms with Crippen LogP contribution in [0.4, 0.5) is 4.79 Å². The monoisotopic (exact) mass is 637 g/mol. The summed E-state index contributed by atoms with van der Waals surface area (Å²) < 4.78 is 5.94. The second-order valence-corrected chi connectivity index (χ2v) is 12.7. The molecule has 236 valence electrons. The summed E-state index contributed by atoms with van der Waals surface area (Å²) in [5.41, 5.74) is 5.47. The van der Waals surface area contributed by atoms with Crippen LogP contribution in [-0.4, -0.2) is 58.2 Å². The average Bonchev–Trinajstić information content (AvgIpc) is 3.38. The smallest absolute Gasteiger partial charge is 0.407 e. The lowest BCUT2D eigenvalue weighted by atomic mass is 9.82. The number of piperidine rings is 1. The number of pyridine rings is 1. The number of amides is 2. The highest BCUT2D eigenvalue weighted by molar-refractivity contribution is 6.30. The standard InChI is InChI=1S/C37H36ClN3O5/c38-28-14-12-25(13-15-28)21-37(16-6-18-41(24-37)35(44)27(20-34(42)43)19-26-7-5-17-39-22-26)40-36(45)46-23-33-31-10-3-1-8-29(31)30-9-2-4-11-32(30)33/h1-5,7-15,17,22,27,33H,6,16,18-21,23-24H2,(H,40,45)(H,42,43)/t27-,37-/m1/s1. The van der Waals surface area contributed by atoms with Crippen molar-refractivity contribution in [3.63, 3.8) is 0 Å². The summed E-state index contributed by atoms with van der Waals surface area (Å²) in [7, 11) is 0. The predicted octanol–water partition coefficient (Wildman–Crippen LogP) is 6.51. The second-order valence-electron chi connectivity index (χ2n) is 12.3. The number of carbonyl (C=O) groups is 3. The maximum Gasteiger partial charge on any atom is 0.407 e. The lowest BCUT2D eigenvalue weighted by Crippen LogP contribution is -2.61. The maximum atomic E-state index is 13.9. The van der Waals surface area contributed by atoms with Gasteiger partial charge >= 0.3 is 12.1 Å². The van der Waals surface area contributed by atoms with Gasteiger partial charge in [0.05, 0.1) is 17.9 Å². The molecule has 0 saturated carbocycles.